The van der Waals surface area contributed by atoms with Crippen molar-refractivity contribution >= 4 is 11.6 Å². The third kappa shape index (κ3) is 3.00. The molecule has 1 fully saturated rings. The number of anilines is 1. The second-order valence-corrected chi connectivity index (χ2v) is 5.55. The average molecular weight is 262 g/mol. The normalized spacial score (nSPS) is 19.3. The zero-order chi connectivity index (χ0) is 14.0. The number of benzene rings is 1. The van der Waals surface area contributed by atoms with Crippen molar-refractivity contribution in [3.8, 4) is 5.75 Å². The van der Waals surface area contributed by atoms with E-state index in [4.69, 9.17) is 10.5 Å². The van der Waals surface area contributed by atoms with E-state index in [1.165, 1.54) is 0 Å². The van der Waals surface area contributed by atoms with Crippen molar-refractivity contribution in [3.63, 3.8) is 0 Å². The molecule has 1 heterocycles. The van der Waals surface area contributed by atoms with Gasteiger partial charge in [-0.2, -0.15) is 0 Å². The zero-order valence-electron chi connectivity index (χ0n) is 11.8. The fraction of sp³-hybridized carbons (Fsp3) is 0.533. The number of nitrogens with zero attached hydrogens (tertiary/aromatic N) is 1. The molecule has 0 bridgehead atoms. The number of rotatable bonds is 4. The lowest BCUT2D eigenvalue weighted by Gasteiger charge is -2.19. The summed E-state index contributed by atoms with van der Waals surface area (Å²) in [6.45, 7) is 5.75. The van der Waals surface area contributed by atoms with Gasteiger partial charge in [-0.25, -0.2) is 0 Å². The molecule has 0 aliphatic carbocycles. The number of nitrogens with two attached hydrogens (primary N) is 1. The lowest BCUT2D eigenvalue weighted by Crippen LogP contribution is -2.25. The quantitative estimate of drug-likeness (QED) is 0.847. The minimum absolute atomic E-state index is 0.225. The van der Waals surface area contributed by atoms with E-state index in [-0.39, 0.29) is 5.91 Å². The lowest BCUT2D eigenvalue weighted by atomic mass is 9.95. The molecule has 0 saturated carbocycles. The van der Waals surface area contributed by atoms with Crippen molar-refractivity contribution in [3.05, 3.63) is 23.8 Å². The van der Waals surface area contributed by atoms with Crippen molar-refractivity contribution < 1.29 is 9.53 Å². The number of nitrogen functional groups attached to an aromatic ring is 1. The number of likely N-dealkylation sites (tertiary alicyclic amines) is 1. The Morgan fingerprint density at radius 2 is 2.21 bits per heavy atom. The molecule has 0 aromatic heterocycles. The summed E-state index contributed by atoms with van der Waals surface area (Å²) in [4.78, 5) is 13.9. The summed E-state index contributed by atoms with van der Waals surface area (Å²) >= 11 is 0. The maximum atomic E-state index is 12.0. The topological polar surface area (TPSA) is 55.6 Å². The zero-order valence-corrected chi connectivity index (χ0v) is 11.8. The van der Waals surface area contributed by atoms with E-state index >= 15 is 0 Å². The number of ether oxygens (including phenoxy) is 1. The Bertz CT molecular complexity index is 471. The van der Waals surface area contributed by atoms with Gasteiger partial charge in [0, 0.05) is 30.8 Å². The second kappa shape index (κ2) is 5.51. The first kappa shape index (κ1) is 13.7. The van der Waals surface area contributed by atoms with Crippen LogP contribution in [0.15, 0.2) is 18.2 Å². The standard InChI is InChI=1S/C15H22N2O2/c1-10(2)11-7-15(18)17(8-11)9-12-6-13(16)4-5-14(12)19-3/h4-6,10-11H,7-9,16H2,1-3H3. The van der Waals surface area contributed by atoms with Gasteiger partial charge in [0.2, 0.25) is 5.91 Å². The highest BCUT2D eigenvalue weighted by Crippen LogP contribution is 2.29. The number of hydrogen-bond donors (Lipinski definition) is 1. The van der Waals surface area contributed by atoms with Crippen LogP contribution in [0.25, 0.3) is 0 Å². The first-order chi connectivity index (χ1) is 9.01. The van der Waals surface area contributed by atoms with Gasteiger partial charge in [-0.3, -0.25) is 4.79 Å². The van der Waals surface area contributed by atoms with E-state index in [9.17, 15) is 4.79 Å². The fourth-order valence-electron chi connectivity index (χ4n) is 2.53. The van der Waals surface area contributed by atoms with Gasteiger partial charge >= 0.3 is 0 Å². The van der Waals surface area contributed by atoms with Crippen LogP contribution in [0.3, 0.4) is 0 Å². The molecule has 0 spiro atoms. The largest absolute Gasteiger partial charge is 0.496 e. The van der Waals surface area contributed by atoms with Gasteiger partial charge in [0.15, 0.2) is 0 Å². The van der Waals surface area contributed by atoms with Crippen LogP contribution in [0, 0.1) is 11.8 Å². The Morgan fingerprint density at radius 1 is 1.47 bits per heavy atom. The maximum absolute atomic E-state index is 12.0. The van der Waals surface area contributed by atoms with Crippen LogP contribution in [0.2, 0.25) is 0 Å². The van der Waals surface area contributed by atoms with E-state index in [0.717, 1.165) is 17.9 Å². The van der Waals surface area contributed by atoms with Crippen molar-refractivity contribution in [2.24, 2.45) is 11.8 Å². The van der Waals surface area contributed by atoms with E-state index in [0.29, 0.717) is 30.5 Å². The highest BCUT2D eigenvalue weighted by atomic mass is 16.5. The summed E-state index contributed by atoms with van der Waals surface area (Å²) in [5.41, 5.74) is 7.48. The van der Waals surface area contributed by atoms with E-state index in [2.05, 4.69) is 13.8 Å². The Morgan fingerprint density at radius 3 is 2.79 bits per heavy atom. The minimum atomic E-state index is 0.225. The smallest absolute Gasteiger partial charge is 0.223 e. The van der Waals surface area contributed by atoms with Crippen LogP contribution in [-0.4, -0.2) is 24.5 Å². The summed E-state index contributed by atoms with van der Waals surface area (Å²) in [6.07, 6.45) is 0.655. The Balaban J connectivity index is 2.13. The number of carbonyl (C=O) groups excluding carboxylic acids is 1. The van der Waals surface area contributed by atoms with Gasteiger partial charge in [-0.05, 0) is 30.0 Å². The minimum Gasteiger partial charge on any atom is -0.496 e. The molecule has 1 aliphatic heterocycles. The molecule has 4 heteroatoms. The molecule has 19 heavy (non-hydrogen) atoms. The SMILES string of the molecule is COc1ccc(N)cc1CN1CC(C(C)C)CC1=O. The molecular weight excluding hydrogens is 240 g/mol. The third-order valence-electron chi connectivity index (χ3n) is 3.85. The summed E-state index contributed by atoms with van der Waals surface area (Å²) in [5.74, 6) is 2.01. The molecule has 2 N–H and O–H groups in total. The number of amides is 1. The van der Waals surface area contributed by atoms with Gasteiger partial charge in [0.1, 0.15) is 5.75 Å². The van der Waals surface area contributed by atoms with Gasteiger partial charge < -0.3 is 15.4 Å². The number of methoxy groups -OCH3 is 1. The molecule has 1 saturated heterocycles. The van der Waals surface area contributed by atoms with Crippen molar-refractivity contribution in [2.75, 3.05) is 19.4 Å². The molecule has 1 aromatic rings. The average Bonchev–Trinajstić information content (AvgIpc) is 2.72. The monoisotopic (exact) mass is 262 g/mol. The van der Waals surface area contributed by atoms with Crippen LogP contribution in [0.5, 0.6) is 5.75 Å². The summed E-state index contributed by atoms with van der Waals surface area (Å²) in [7, 11) is 1.64. The predicted molar refractivity (Wildman–Crippen MR) is 75.8 cm³/mol. The number of hydrogen-bond acceptors (Lipinski definition) is 3. The highest BCUT2D eigenvalue weighted by molar-refractivity contribution is 5.78. The molecule has 1 aliphatic rings. The lowest BCUT2D eigenvalue weighted by molar-refractivity contribution is -0.128. The Hall–Kier alpha value is -1.71. The molecule has 2 rings (SSSR count). The summed E-state index contributed by atoms with van der Waals surface area (Å²) < 4.78 is 5.33. The molecule has 4 nitrogen and oxygen atoms in total. The van der Waals surface area contributed by atoms with Crippen LogP contribution in [0.4, 0.5) is 5.69 Å². The van der Waals surface area contributed by atoms with Gasteiger partial charge in [-0.1, -0.05) is 13.8 Å². The molecule has 1 atom stereocenters. The van der Waals surface area contributed by atoms with Crippen LogP contribution >= 0.6 is 0 Å². The van der Waals surface area contributed by atoms with Gasteiger partial charge in [-0.15, -0.1) is 0 Å². The van der Waals surface area contributed by atoms with Crippen molar-refractivity contribution in [1.82, 2.24) is 4.90 Å². The van der Waals surface area contributed by atoms with Crippen LogP contribution in [0.1, 0.15) is 25.8 Å². The summed E-state index contributed by atoms with van der Waals surface area (Å²) in [6, 6.07) is 5.55. The second-order valence-electron chi connectivity index (χ2n) is 5.55. The van der Waals surface area contributed by atoms with Crippen molar-refractivity contribution in [2.45, 2.75) is 26.8 Å². The van der Waals surface area contributed by atoms with Gasteiger partial charge in [0.25, 0.3) is 0 Å². The van der Waals surface area contributed by atoms with Gasteiger partial charge in [0.05, 0.1) is 7.11 Å². The Kier molecular flexibility index (Phi) is 3.98. The molecule has 104 valence electrons. The first-order valence-electron chi connectivity index (χ1n) is 6.71. The highest BCUT2D eigenvalue weighted by Gasteiger charge is 2.31. The molecular formula is C15H22N2O2. The molecule has 0 radical (unpaired) electrons. The predicted octanol–water partition coefficient (Wildman–Crippen LogP) is 2.28. The first-order valence-corrected chi connectivity index (χ1v) is 6.71. The number of carbonyl (C=O) groups is 1. The maximum Gasteiger partial charge on any atom is 0.223 e. The van der Waals surface area contributed by atoms with E-state index in [1.807, 2.05) is 23.1 Å². The van der Waals surface area contributed by atoms with Crippen LogP contribution in [-0.2, 0) is 11.3 Å². The van der Waals surface area contributed by atoms with Crippen molar-refractivity contribution in [1.29, 1.82) is 0 Å². The van der Waals surface area contributed by atoms with Crippen LogP contribution < -0.4 is 10.5 Å². The fourth-order valence-corrected chi connectivity index (χ4v) is 2.53. The Labute approximate surface area is 114 Å². The van der Waals surface area contributed by atoms with E-state index in [1.54, 1.807) is 7.11 Å². The van der Waals surface area contributed by atoms with E-state index < -0.39 is 0 Å². The molecule has 1 unspecified atom stereocenters. The molecule has 1 amide bonds. The third-order valence-corrected chi connectivity index (χ3v) is 3.85. The summed E-state index contributed by atoms with van der Waals surface area (Å²) in [5, 5.41) is 0. The molecule has 1 aromatic carbocycles.